The van der Waals surface area contributed by atoms with Crippen molar-refractivity contribution in [2.75, 3.05) is 17.7 Å². The summed E-state index contributed by atoms with van der Waals surface area (Å²) >= 11 is 1.23. The van der Waals surface area contributed by atoms with Gasteiger partial charge in [0.2, 0.25) is 11.1 Å². The van der Waals surface area contributed by atoms with Gasteiger partial charge in [0.1, 0.15) is 0 Å². The Kier molecular flexibility index (Phi) is 7.34. The number of aromatic amines is 1. The van der Waals surface area contributed by atoms with Gasteiger partial charge >= 0.3 is 5.97 Å². The topological polar surface area (TPSA) is 110 Å². The fraction of sp³-hybridized carbons (Fsp3) is 0.250. The second kappa shape index (κ2) is 10.4. The van der Waals surface area contributed by atoms with E-state index < -0.39 is 0 Å². The molecule has 29 heavy (non-hydrogen) atoms. The molecule has 0 spiro atoms. The predicted molar refractivity (Wildman–Crippen MR) is 111 cm³/mol. The summed E-state index contributed by atoms with van der Waals surface area (Å²) in [7, 11) is 0. The fourth-order valence-corrected chi connectivity index (χ4v) is 2.96. The predicted octanol–water partition coefficient (Wildman–Crippen LogP) is 3.55. The summed E-state index contributed by atoms with van der Waals surface area (Å²) < 4.78 is 5.16. The number of amides is 1. The van der Waals surface area contributed by atoms with Gasteiger partial charge in [-0.1, -0.05) is 25.1 Å². The summed E-state index contributed by atoms with van der Waals surface area (Å²) in [5.74, 6) is 0.232. The molecule has 0 aliphatic heterocycles. The molecule has 0 saturated carbocycles. The Morgan fingerprint density at radius 2 is 1.90 bits per heavy atom. The van der Waals surface area contributed by atoms with Crippen molar-refractivity contribution < 1.29 is 14.3 Å². The highest BCUT2D eigenvalue weighted by molar-refractivity contribution is 7.99. The largest absolute Gasteiger partial charge is 0.462 e. The maximum absolute atomic E-state index is 12.2. The number of benzene rings is 1. The monoisotopic (exact) mass is 411 g/mol. The standard InChI is InChI=1S/C20H21N5O3S/c1-2-3-12-28-19(27)15-4-6-16(7-5-15)22-17(26)13-29-20-23-18(24-25-20)14-8-10-21-11-9-14/h4-11H,2-3,12-13H2,1H3,(H,22,26)(H,23,24,25). The molecule has 0 fully saturated rings. The lowest BCUT2D eigenvalue weighted by Gasteiger charge is -2.06. The Balaban J connectivity index is 1.47. The van der Waals surface area contributed by atoms with Crippen LogP contribution in [0.15, 0.2) is 53.9 Å². The van der Waals surface area contributed by atoms with Crippen molar-refractivity contribution in [3.63, 3.8) is 0 Å². The molecule has 150 valence electrons. The van der Waals surface area contributed by atoms with Gasteiger partial charge in [0.15, 0.2) is 5.82 Å². The number of thioether (sulfide) groups is 1. The molecule has 0 aliphatic rings. The molecule has 0 saturated heterocycles. The molecule has 1 amide bonds. The zero-order chi connectivity index (χ0) is 20.5. The van der Waals surface area contributed by atoms with Gasteiger partial charge in [-0.15, -0.1) is 5.10 Å². The molecular formula is C20H21N5O3S. The second-order valence-corrected chi connectivity index (χ2v) is 7.05. The zero-order valence-electron chi connectivity index (χ0n) is 15.9. The number of aromatic nitrogens is 4. The molecule has 1 aromatic carbocycles. The Hall–Kier alpha value is -3.20. The lowest BCUT2D eigenvalue weighted by Crippen LogP contribution is -2.14. The van der Waals surface area contributed by atoms with Crippen molar-refractivity contribution in [3.8, 4) is 11.4 Å². The first-order chi connectivity index (χ1) is 14.2. The van der Waals surface area contributed by atoms with E-state index in [-0.39, 0.29) is 17.6 Å². The van der Waals surface area contributed by atoms with Crippen LogP contribution in [0.5, 0.6) is 0 Å². The number of unbranched alkanes of at least 4 members (excludes halogenated alkanes) is 1. The third-order valence-electron chi connectivity index (χ3n) is 3.89. The third-order valence-corrected chi connectivity index (χ3v) is 4.73. The summed E-state index contributed by atoms with van der Waals surface area (Å²) in [5.41, 5.74) is 1.93. The van der Waals surface area contributed by atoms with E-state index in [9.17, 15) is 9.59 Å². The Morgan fingerprint density at radius 3 is 2.62 bits per heavy atom. The van der Waals surface area contributed by atoms with E-state index in [4.69, 9.17) is 4.74 Å². The van der Waals surface area contributed by atoms with Crippen LogP contribution in [0.2, 0.25) is 0 Å². The van der Waals surface area contributed by atoms with Crippen LogP contribution in [0.3, 0.4) is 0 Å². The molecule has 9 heteroatoms. The van der Waals surface area contributed by atoms with E-state index in [0.717, 1.165) is 18.4 Å². The zero-order valence-corrected chi connectivity index (χ0v) is 16.7. The molecule has 0 unspecified atom stereocenters. The maximum atomic E-state index is 12.2. The van der Waals surface area contributed by atoms with Crippen molar-refractivity contribution in [1.82, 2.24) is 20.2 Å². The number of pyridine rings is 1. The van der Waals surface area contributed by atoms with E-state index in [1.807, 2.05) is 19.1 Å². The van der Waals surface area contributed by atoms with Gasteiger partial charge in [-0.25, -0.2) is 9.78 Å². The summed E-state index contributed by atoms with van der Waals surface area (Å²) in [6.45, 7) is 2.45. The number of hydrogen-bond donors (Lipinski definition) is 2. The Morgan fingerprint density at radius 1 is 1.14 bits per heavy atom. The quantitative estimate of drug-likeness (QED) is 0.315. The average Bonchev–Trinajstić information content (AvgIpc) is 3.23. The molecule has 8 nitrogen and oxygen atoms in total. The van der Waals surface area contributed by atoms with E-state index in [1.54, 1.807) is 36.7 Å². The van der Waals surface area contributed by atoms with Crippen molar-refractivity contribution in [3.05, 3.63) is 54.4 Å². The number of rotatable bonds is 9. The smallest absolute Gasteiger partial charge is 0.338 e. The summed E-state index contributed by atoms with van der Waals surface area (Å²) in [6.07, 6.45) is 5.16. The minimum absolute atomic E-state index is 0.161. The summed E-state index contributed by atoms with van der Waals surface area (Å²) in [4.78, 5) is 32.4. The number of H-pyrrole nitrogens is 1. The van der Waals surface area contributed by atoms with Crippen LogP contribution in [0.4, 0.5) is 5.69 Å². The number of carbonyl (C=O) groups is 2. The number of ether oxygens (including phenoxy) is 1. The minimum Gasteiger partial charge on any atom is -0.462 e. The number of anilines is 1. The second-order valence-electron chi connectivity index (χ2n) is 6.11. The first-order valence-electron chi connectivity index (χ1n) is 9.18. The van der Waals surface area contributed by atoms with Gasteiger partial charge < -0.3 is 10.1 Å². The van der Waals surface area contributed by atoms with Crippen LogP contribution < -0.4 is 5.32 Å². The van der Waals surface area contributed by atoms with Crippen LogP contribution in [0, 0.1) is 0 Å². The molecule has 2 aromatic heterocycles. The number of carbonyl (C=O) groups excluding carboxylic acids is 2. The molecule has 3 rings (SSSR count). The van der Waals surface area contributed by atoms with E-state index in [0.29, 0.717) is 28.8 Å². The van der Waals surface area contributed by atoms with Gasteiger partial charge in [0, 0.05) is 23.6 Å². The fourth-order valence-electron chi connectivity index (χ4n) is 2.36. The van der Waals surface area contributed by atoms with Gasteiger partial charge in [-0.3, -0.25) is 14.9 Å². The molecule has 0 atom stereocenters. The Bertz CT molecular complexity index is 944. The number of nitrogens with zero attached hydrogens (tertiary/aromatic N) is 3. The molecule has 2 N–H and O–H groups in total. The molecule has 3 aromatic rings. The van der Waals surface area contributed by atoms with E-state index in [2.05, 4.69) is 25.5 Å². The molecular weight excluding hydrogens is 390 g/mol. The van der Waals surface area contributed by atoms with Crippen molar-refractivity contribution in [1.29, 1.82) is 0 Å². The SMILES string of the molecule is CCCCOC(=O)c1ccc(NC(=O)CSc2n[nH]c(-c3ccncc3)n2)cc1. The number of hydrogen-bond acceptors (Lipinski definition) is 7. The van der Waals surface area contributed by atoms with Crippen molar-refractivity contribution >= 4 is 29.3 Å². The van der Waals surface area contributed by atoms with Crippen LogP contribution in [0.1, 0.15) is 30.1 Å². The van der Waals surface area contributed by atoms with Crippen molar-refractivity contribution in [2.24, 2.45) is 0 Å². The normalized spacial score (nSPS) is 10.5. The molecule has 2 heterocycles. The Labute approximate surface area is 172 Å². The van der Waals surface area contributed by atoms with E-state index >= 15 is 0 Å². The third kappa shape index (κ3) is 6.15. The van der Waals surface area contributed by atoms with Crippen molar-refractivity contribution in [2.45, 2.75) is 24.9 Å². The minimum atomic E-state index is -0.360. The average molecular weight is 411 g/mol. The van der Waals surface area contributed by atoms with Gasteiger partial charge in [-0.05, 0) is 42.8 Å². The first-order valence-corrected chi connectivity index (χ1v) is 10.2. The highest BCUT2D eigenvalue weighted by Crippen LogP contribution is 2.19. The number of esters is 1. The highest BCUT2D eigenvalue weighted by atomic mass is 32.2. The molecule has 0 radical (unpaired) electrons. The van der Waals surface area contributed by atoms with Crippen LogP contribution in [-0.4, -0.2) is 44.4 Å². The maximum Gasteiger partial charge on any atom is 0.338 e. The van der Waals surface area contributed by atoms with Crippen LogP contribution >= 0.6 is 11.8 Å². The van der Waals surface area contributed by atoms with Crippen LogP contribution in [0.25, 0.3) is 11.4 Å². The van der Waals surface area contributed by atoms with Crippen LogP contribution in [-0.2, 0) is 9.53 Å². The lowest BCUT2D eigenvalue weighted by atomic mass is 10.2. The lowest BCUT2D eigenvalue weighted by molar-refractivity contribution is -0.113. The molecule has 0 bridgehead atoms. The van der Waals surface area contributed by atoms with E-state index in [1.165, 1.54) is 11.8 Å². The van der Waals surface area contributed by atoms with Gasteiger partial charge in [0.05, 0.1) is 17.9 Å². The highest BCUT2D eigenvalue weighted by Gasteiger charge is 2.10. The number of nitrogens with one attached hydrogen (secondary N) is 2. The first kappa shape index (κ1) is 20.5. The summed E-state index contributed by atoms with van der Waals surface area (Å²) in [5, 5.41) is 10.2. The van der Waals surface area contributed by atoms with Gasteiger partial charge in [-0.2, -0.15) is 0 Å². The van der Waals surface area contributed by atoms with Gasteiger partial charge in [0.25, 0.3) is 0 Å². The summed E-state index contributed by atoms with van der Waals surface area (Å²) in [6, 6.07) is 10.3. The molecule has 0 aliphatic carbocycles.